The maximum Gasteiger partial charge on any atom is 0.0708 e. The minimum atomic E-state index is 0.276. The zero-order valence-corrected chi connectivity index (χ0v) is 13.4. The molecule has 0 bridgehead atoms. The van der Waals surface area contributed by atoms with Gasteiger partial charge >= 0.3 is 0 Å². The van der Waals surface area contributed by atoms with Gasteiger partial charge in [0.1, 0.15) is 0 Å². The fourth-order valence-corrected chi connectivity index (χ4v) is 3.36. The summed E-state index contributed by atoms with van der Waals surface area (Å²) in [5.74, 6) is 0.717. The molecule has 1 unspecified atom stereocenters. The molecule has 0 aromatic carbocycles. The molecule has 1 aliphatic carbocycles. The van der Waals surface area contributed by atoms with E-state index in [4.69, 9.17) is 4.74 Å². The van der Waals surface area contributed by atoms with E-state index in [-0.39, 0.29) is 5.60 Å². The van der Waals surface area contributed by atoms with Crippen LogP contribution in [0.3, 0.4) is 0 Å². The summed E-state index contributed by atoms with van der Waals surface area (Å²) in [6.45, 7) is 11.5. The molecule has 1 N–H and O–H groups in total. The molecule has 2 fully saturated rings. The molecule has 1 heterocycles. The normalized spacial score (nSPS) is 27.3. The van der Waals surface area contributed by atoms with Crippen LogP contribution in [-0.4, -0.2) is 24.8 Å². The fourth-order valence-electron chi connectivity index (χ4n) is 3.36. The van der Waals surface area contributed by atoms with E-state index in [0.29, 0.717) is 17.4 Å². The Kier molecular flexibility index (Phi) is 4.94. The highest BCUT2D eigenvalue weighted by Crippen LogP contribution is 2.41. The Morgan fingerprint density at radius 1 is 1.16 bits per heavy atom. The molecule has 2 aliphatic rings. The third-order valence-corrected chi connectivity index (χ3v) is 5.62. The largest absolute Gasteiger partial charge is 0.370 e. The number of rotatable bonds is 5. The summed E-state index contributed by atoms with van der Waals surface area (Å²) in [4.78, 5) is 0. The Morgan fingerprint density at radius 2 is 1.84 bits per heavy atom. The van der Waals surface area contributed by atoms with Crippen LogP contribution in [0.4, 0.5) is 0 Å². The van der Waals surface area contributed by atoms with Gasteiger partial charge in [0, 0.05) is 13.1 Å². The first-order chi connectivity index (χ1) is 8.94. The molecule has 0 aromatic heterocycles. The second kappa shape index (κ2) is 6.13. The fraction of sp³-hybridized carbons (Fsp3) is 1.00. The van der Waals surface area contributed by atoms with Crippen molar-refractivity contribution in [2.45, 2.75) is 84.3 Å². The lowest BCUT2D eigenvalue weighted by Gasteiger charge is -2.34. The summed E-state index contributed by atoms with van der Waals surface area (Å²) in [5.41, 5.74) is 0.652. The average Bonchev–Trinajstić information content (AvgIpc) is 2.73. The van der Waals surface area contributed by atoms with Crippen molar-refractivity contribution >= 4 is 0 Å². The van der Waals surface area contributed by atoms with Gasteiger partial charge < -0.3 is 10.1 Å². The van der Waals surface area contributed by atoms with Crippen LogP contribution in [0.15, 0.2) is 0 Å². The minimum Gasteiger partial charge on any atom is -0.370 e. The zero-order chi connectivity index (χ0) is 13.9. The maximum absolute atomic E-state index is 6.40. The molecular formula is C17H33NO. The predicted octanol–water partition coefficient (Wildman–Crippen LogP) is 4.14. The molecule has 112 valence electrons. The molecule has 2 nitrogen and oxygen atoms in total. The van der Waals surface area contributed by atoms with E-state index >= 15 is 0 Å². The first-order valence-corrected chi connectivity index (χ1v) is 8.32. The van der Waals surface area contributed by atoms with Crippen molar-refractivity contribution < 1.29 is 4.74 Å². The van der Waals surface area contributed by atoms with E-state index in [1.807, 2.05) is 0 Å². The van der Waals surface area contributed by atoms with Crippen LogP contribution in [0, 0.1) is 11.3 Å². The van der Waals surface area contributed by atoms with Crippen molar-refractivity contribution in [3.05, 3.63) is 0 Å². The van der Waals surface area contributed by atoms with Gasteiger partial charge in [0.2, 0.25) is 0 Å². The van der Waals surface area contributed by atoms with Gasteiger partial charge in [0.15, 0.2) is 0 Å². The monoisotopic (exact) mass is 267 g/mol. The Hall–Kier alpha value is -0.0800. The van der Waals surface area contributed by atoms with Gasteiger partial charge in [-0.15, -0.1) is 0 Å². The van der Waals surface area contributed by atoms with Crippen molar-refractivity contribution in [1.82, 2.24) is 5.32 Å². The summed E-state index contributed by atoms with van der Waals surface area (Å²) >= 11 is 0. The third kappa shape index (κ3) is 3.95. The van der Waals surface area contributed by atoms with E-state index in [0.717, 1.165) is 13.1 Å². The maximum atomic E-state index is 6.40. The lowest BCUT2D eigenvalue weighted by atomic mass is 9.81. The molecule has 1 spiro atoms. The molecule has 0 aromatic rings. The molecule has 1 aliphatic heterocycles. The van der Waals surface area contributed by atoms with E-state index in [1.165, 1.54) is 44.9 Å². The molecule has 2 heteroatoms. The molecule has 1 saturated heterocycles. The molecule has 19 heavy (non-hydrogen) atoms. The first kappa shape index (κ1) is 15.3. The number of ether oxygens (including phenoxy) is 1. The smallest absolute Gasteiger partial charge is 0.0708 e. The van der Waals surface area contributed by atoms with Crippen molar-refractivity contribution in [1.29, 1.82) is 0 Å². The molecule has 2 rings (SSSR count). The molecule has 1 saturated carbocycles. The quantitative estimate of drug-likeness (QED) is 0.808. The molecule has 1 atom stereocenters. The van der Waals surface area contributed by atoms with Crippen LogP contribution in [0.25, 0.3) is 0 Å². The third-order valence-electron chi connectivity index (χ3n) is 5.62. The standard InChI is InChI=1S/C17H33NO/c1-14(2)16(3,4)13-18-12-15-8-11-17(19-15)9-6-5-7-10-17/h14-15,18H,5-13H2,1-4H3. The highest BCUT2D eigenvalue weighted by Gasteiger charge is 2.40. The van der Waals surface area contributed by atoms with Gasteiger partial charge in [0.25, 0.3) is 0 Å². The molecule has 0 radical (unpaired) electrons. The van der Waals surface area contributed by atoms with Crippen LogP contribution in [-0.2, 0) is 4.74 Å². The van der Waals surface area contributed by atoms with Crippen molar-refractivity contribution in [3.63, 3.8) is 0 Å². The van der Waals surface area contributed by atoms with Crippen molar-refractivity contribution in [3.8, 4) is 0 Å². The van der Waals surface area contributed by atoms with Gasteiger partial charge in [-0.1, -0.05) is 47.0 Å². The molecule has 0 amide bonds. The Labute approximate surface area is 119 Å². The van der Waals surface area contributed by atoms with Gasteiger partial charge in [-0.3, -0.25) is 0 Å². The first-order valence-electron chi connectivity index (χ1n) is 8.32. The van der Waals surface area contributed by atoms with Crippen LogP contribution < -0.4 is 5.32 Å². The number of hydrogen-bond donors (Lipinski definition) is 1. The van der Waals surface area contributed by atoms with Crippen LogP contribution in [0.5, 0.6) is 0 Å². The summed E-state index contributed by atoms with van der Waals surface area (Å²) in [5, 5.41) is 3.65. The lowest BCUT2D eigenvalue weighted by Crippen LogP contribution is -2.39. The highest BCUT2D eigenvalue weighted by atomic mass is 16.5. The van der Waals surface area contributed by atoms with E-state index in [9.17, 15) is 0 Å². The minimum absolute atomic E-state index is 0.276. The summed E-state index contributed by atoms with van der Waals surface area (Å²) in [6.07, 6.45) is 9.79. The van der Waals surface area contributed by atoms with Gasteiger partial charge in [0.05, 0.1) is 11.7 Å². The van der Waals surface area contributed by atoms with Gasteiger partial charge in [-0.25, -0.2) is 0 Å². The van der Waals surface area contributed by atoms with Crippen LogP contribution >= 0.6 is 0 Å². The van der Waals surface area contributed by atoms with Crippen molar-refractivity contribution in [2.24, 2.45) is 11.3 Å². The number of hydrogen-bond acceptors (Lipinski definition) is 2. The Balaban J connectivity index is 1.71. The van der Waals surface area contributed by atoms with Gasteiger partial charge in [-0.05, 0) is 37.0 Å². The number of nitrogens with one attached hydrogen (secondary N) is 1. The Bertz CT molecular complexity index is 279. The predicted molar refractivity (Wildman–Crippen MR) is 81.4 cm³/mol. The summed E-state index contributed by atoms with van der Waals surface area (Å²) in [6, 6.07) is 0. The Morgan fingerprint density at radius 3 is 2.47 bits per heavy atom. The van der Waals surface area contributed by atoms with Crippen LogP contribution in [0.1, 0.15) is 72.6 Å². The highest BCUT2D eigenvalue weighted by molar-refractivity contribution is 4.92. The van der Waals surface area contributed by atoms with Crippen molar-refractivity contribution in [2.75, 3.05) is 13.1 Å². The SMILES string of the molecule is CC(C)C(C)(C)CNCC1CCC2(CCCCC2)O1. The van der Waals surface area contributed by atoms with E-state index in [1.54, 1.807) is 0 Å². The molecular weight excluding hydrogens is 234 g/mol. The van der Waals surface area contributed by atoms with Gasteiger partial charge in [-0.2, -0.15) is 0 Å². The average molecular weight is 267 g/mol. The zero-order valence-electron chi connectivity index (χ0n) is 13.4. The second-order valence-electron chi connectivity index (χ2n) is 7.80. The topological polar surface area (TPSA) is 21.3 Å². The second-order valence-corrected chi connectivity index (χ2v) is 7.80. The lowest BCUT2D eigenvalue weighted by molar-refractivity contribution is -0.0628. The van der Waals surface area contributed by atoms with E-state index < -0.39 is 0 Å². The summed E-state index contributed by atoms with van der Waals surface area (Å²) < 4.78 is 6.40. The summed E-state index contributed by atoms with van der Waals surface area (Å²) in [7, 11) is 0. The van der Waals surface area contributed by atoms with E-state index in [2.05, 4.69) is 33.0 Å². The van der Waals surface area contributed by atoms with Crippen LogP contribution in [0.2, 0.25) is 0 Å².